The number of hydrogen-bond donors (Lipinski definition) is 1. The van der Waals surface area contributed by atoms with Crippen LogP contribution in [0.1, 0.15) is 73.5 Å². The van der Waals surface area contributed by atoms with Crippen LogP contribution in [0, 0.1) is 6.92 Å². The molecule has 0 fully saturated rings. The second kappa shape index (κ2) is 11.9. The Morgan fingerprint density at radius 2 is 2.05 bits per heavy atom. The van der Waals surface area contributed by atoms with Crippen LogP contribution < -0.4 is 4.74 Å². The van der Waals surface area contributed by atoms with Gasteiger partial charge in [0.25, 0.3) is 0 Å². The van der Waals surface area contributed by atoms with Crippen molar-refractivity contribution in [3.63, 3.8) is 0 Å². The molecule has 4 heterocycles. The maximum Gasteiger partial charge on any atom is 0.306 e. The van der Waals surface area contributed by atoms with E-state index in [0.29, 0.717) is 13.2 Å². The molecule has 43 heavy (non-hydrogen) atoms. The summed E-state index contributed by atoms with van der Waals surface area (Å²) in [5.74, 6) is 0.258. The zero-order valence-corrected chi connectivity index (χ0v) is 26.0. The number of ether oxygens (including phenoxy) is 2. The Morgan fingerprint density at radius 1 is 1.21 bits per heavy atom. The number of aromatic nitrogens is 4. The van der Waals surface area contributed by atoms with Crippen LogP contribution in [0.3, 0.4) is 0 Å². The molecule has 2 aromatic carbocycles. The van der Waals surface area contributed by atoms with Crippen molar-refractivity contribution >= 4 is 38.4 Å². The summed E-state index contributed by atoms with van der Waals surface area (Å²) in [6.45, 7) is 9.85. The molecule has 0 radical (unpaired) electrons. The summed E-state index contributed by atoms with van der Waals surface area (Å²) in [4.78, 5) is 19.8. The molecule has 1 N–H and O–H groups in total. The number of thiophene rings is 1. The molecule has 0 amide bonds. The highest BCUT2D eigenvalue weighted by molar-refractivity contribution is 7.17. The van der Waals surface area contributed by atoms with Crippen LogP contribution in [0.5, 0.6) is 11.6 Å². The third kappa shape index (κ3) is 5.57. The first-order valence-corrected chi connectivity index (χ1v) is 15.7. The summed E-state index contributed by atoms with van der Waals surface area (Å²) in [5.41, 5.74) is 6.82. The fraction of sp³-hybridized carbons (Fsp3) is 0.394. The van der Waals surface area contributed by atoms with E-state index in [0.717, 1.165) is 57.5 Å². The predicted octanol–water partition coefficient (Wildman–Crippen LogP) is 6.41. The van der Waals surface area contributed by atoms with E-state index in [1.165, 1.54) is 10.3 Å². The lowest BCUT2D eigenvalue weighted by molar-refractivity contribution is -0.143. The number of rotatable bonds is 8. The SMILES string of the molecule is CCOC(=O)C[C@H](c1cc(CN2C[C@@H](CC)Oc3ccc(O)nc3C2C)c2sccc2c1)c1ccc2c(nnn2C)c1C. The van der Waals surface area contributed by atoms with E-state index in [-0.39, 0.29) is 36.3 Å². The van der Waals surface area contributed by atoms with Crippen molar-refractivity contribution in [1.82, 2.24) is 24.9 Å². The van der Waals surface area contributed by atoms with Gasteiger partial charge in [0.05, 0.1) is 24.6 Å². The van der Waals surface area contributed by atoms with Gasteiger partial charge in [-0.05, 0) is 84.5 Å². The molecule has 6 rings (SSSR count). The Labute approximate surface area is 255 Å². The van der Waals surface area contributed by atoms with Crippen molar-refractivity contribution < 1.29 is 19.4 Å². The number of aromatic hydroxyl groups is 1. The largest absolute Gasteiger partial charge is 0.493 e. The van der Waals surface area contributed by atoms with Gasteiger partial charge in [-0.25, -0.2) is 9.67 Å². The molecular formula is C33H37N5O4S. The first-order valence-electron chi connectivity index (χ1n) is 14.8. The van der Waals surface area contributed by atoms with E-state index in [1.54, 1.807) is 22.1 Å². The van der Waals surface area contributed by atoms with Gasteiger partial charge >= 0.3 is 5.97 Å². The van der Waals surface area contributed by atoms with Gasteiger partial charge in [-0.15, -0.1) is 16.4 Å². The minimum atomic E-state index is -0.232. The second-order valence-corrected chi connectivity index (χ2v) is 12.2. The minimum Gasteiger partial charge on any atom is -0.493 e. The van der Waals surface area contributed by atoms with Crippen LogP contribution in [0.2, 0.25) is 0 Å². The molecular weight excluding hydrogens is 562 g/mol. The van der Waals surface area contributed by atoms with E-state index in [2.05, 4.69) is 70.6 Å². The van der Waals surface area contributed by atoms with Crippen LogP contribution >= 0.6 is 11.3 Å². The van der Waals surface area contributed by atoms with Gasteiger partial charge in [0, 0.05) is 36.8 Å². The highest BCUT2D eigenvalue weighted by Gasteiger charge is 2.31. The van der Waals surface area contributed by atoms with Crippen molar-refractivity contribution in [3.05, 3.63) is 75.8 Å². The van der Waals surface area contributed by atoms with E-state index < -0.39 is 0 Å². The van der Waals surface area contributed by atoms with E-state index in [1.807, 2.05) is 26.1 Å². The lowest BCUT2D eigenvalue weighted by Crippen LogP contribution is -2.34. The fourth-order valence-electron chi connectivity index (χ4n) is 6.21. The normalized spacial score (nSPS) is 17.9. The zero-order chi connectivity index (χ0) is 30.2. The first kappa shape index (κ1) is 29.1. The molecule has 1 aliphatic heterocycles. The van der Waals surface area contributed by atoms with E-state index in [4.69, 9.17) is 9.47 Å². The summed E-state index contributed by atoms with van der Waals surface area (Å²) in [5, 5.41) is 22.1. The summed E-state index contributed by atoms with van der Waals surface area (Å²) in [7, 11) is 1.88. The van der Waals surface area contributed by atoms with Crippen LogP contribution in [-0.4, -0.2) is 55.2 Å². The van der Waals surface area contributed by atoms with E-state index in [9.17, 15) is 9.90 Å². The summed E-state index contributed by atoms with van der Waals surface area (Å²) < 4.78 is 14.8. The summed E-state index contributed by atoms with van der Waals surface area (Å²) >= 11 is 1.72. The van der Waals surface area contributed by atoms with Crippen LogP contribution in [0.25, 0.3) is 21.1 Å². The maximum absolute atomic E-state index is 13.0. The van der Waals surface area contributed by atoms with Crippen LogP contribution in [0.15, 0.2) is 47.8 Å². The highest BCUT2D eigenvalue weighted by Crippen LogP contribution is 2.40. The Bertz CT molecular complexity index is 1800. The number of carbonyl (C=O) groups excluding carboxylic acids is 1. The third-order valence-corrected chi connectivity index (χ3v) is 9.56. The van der Waals surface area contributed by atoms with Crippen LogP contribution in [0.4, 0.5) is 0 Å². The van der Waals surface area contributed by atoms with Crippen molar-refractivity contribution in [2.45, 2.75) is 65.1 Å². The Morgan fingerprint density at radius 3 is 2.84 bits per heavy atom. The lowest BCUT2D eigenvalue weighted by Gasteiger charge is -2.29. The maximum atomic E-state index is 13.0. The molecule has 0 saturated heterocycles. The average Bonchev–Trinajstić information content (AvgIpc) is 3.60. The van der Waals surface area contributed by atoms with Crippen molar-refractivity contribution in [3.8, 4) is 11.6 Å². The number of hydrogen-bond acceptors (Lipinski definition) is 9. The molecule has 5 aromatic rings. The van der Waals surface area contributed by atoms with Gasteiger partial charge in [-0.1, -0.05) is 24.3 Å². The Kier molecular flexibility index (Phi) is 8.07. The van der Waals surface area contributed by atoms with Gasteiger partial charge in [0.2, 0.25) is 5.88 Å². The van der Waals surface area contributed by atoms with Gasteiger partial charge in [-0.3, -0.25) is 9.69 Å². The molecule has 0 bridgehead atoms. The van der Waals surface area contributed by atoms with Crippen molar-refractivity contribution in [2.24, 2.45) is 7.05 Å². The number of pyridine rings is 1. The van der Waals surface area contributed by atoms with Gasteiger partial charge < -0.3 is 14.6 Å². The standard InChI is InChI=1S/C33H37N5O4S/c1-6-24-18-38(20(4)32-28(42-24)10-11-29(39)34-32)17-23-15-22(14-21-12-13-43-33(21)23)26(16-30(40)41-7-2)25-8-9-27-31(19(25)3)35-36-37(27)5/h8-15,20,24,26H,6-7,16-18H2,1-5H3,(H,34,39)/t20?,24-,26-/m1/s1. The predicted molar refractivity (Wildman–Crippen MR) is 168 cm³/mol. The number of benzene rings is 2. The molecule has 1 unspecified atom stereocenters. The van der Waals surface area contributed by atoms with Crippen molar-refractivity contribution in [1.29, 1.82) is 0 Å². The average molecular weight is 600 g/mol. The number of fused-ring (bicyclic) bond motifs is 3. The minimum absolute atomic E-state index is 0.00465. The number of aryl methyl sites for hydroxylation is 2. The fourth-order valence-corrected chi connectivity index (χ4v) is 7.10. The van der Waals surface area contributed by atoms with E-state index >= 15 is 0 Å². The molecule has 0 spiro atoms. The Balaban J connectivity index is 1.44. The molecule has 1 aliphatic rings. The Hall–Kier alpha value is -4.02. The van der Waals surface area contributed by atoms with Crippen molar-refractivity contribution in [2.75, 3.05) is 13.2 Å². The van der Waals surface area contributed by atoms with Gasteiger partial charge in [0.1, 0.15) is 23.1 Å². The molecule has 224 valence electrons. The lowest BCUT2D eigenvalue weighted by atomic mass is 9.84. The smallest absolute Gasteiger partial charge is 0.306 e. The summed E-state index contributed by atoms with van der Waals surface area (Å²) in [6.07, 6.45) is 1.07. The molecule has 0 aliphatic carbocycles. The molecule has 3 aromatic heterocycles. The molecule has 3 atom stereocenters. The second-order valence-electron chi connectivity index (χ2n) is 11.2. The number of esters is 1. The topological polar surface area (TPSA) is 103 Å². The first-order chi connectivity index (χ1) is 20.8. The van der Waals surface area contributed by atoms with Gasteiger partial charge in [0.15, 0.2) is 0 Å². The molecule has 10 heteroatoms. The quantitative estimate of drug-likeness (QED) is 0.204. The van der Waals surface area contributed by atoms with Gasteiger partial charge in [-0.2, -0.15) is 0 Å². The molecule has 0 saturated carbocycles. The zero-order valence-electron chi connectivity index (χ0n) is 25.2. The number of carbonyl (C=O) groups is 1. The third-order valence-electron chi connectivity index (χ3n) is 8.56. The number of nitrogens with zero attached hydrogens (tertiary/aromatic N) is 5. The highest BCUT2D eigenvalue weighted by atomic mass is 32.1. The van der Waals surface area contributed by atoms with Crippen LogP contribution in [-0.2, 0) is 23.1 Å². The molecule has 9 nitrogen and oxygen atoms in total. The monoisotopic (exact) mass is 599 g/mol. The summed E-state index contributed by atoms with van der Waals surface area (Å²) in [6, 6.07) is 14.0.